The van der Waals surface area contributed by atoms with Crippen LogP contribution in [0.1, 0.15) is 13.8 Å². The average Bonchev–Trinajstić information content (AvgIpc) is 1.81. The smallest absolute Gasteiger partial charge is 0.00766 e. The first-order valence-corrected chi connectivity index (χ1v) is 3.33. The summed E-state index contributed by atoms with van der Waals surface area (Å²) in [5, 5.41) is 6.44. The molecule has 0 atom stereocenters. The number of rotatable bonds is 5. The van der Waals surface area contributed by atoms with Gasteiger partial charge in [0.2, 0.25) is 0 Å². The van der Waals surface area contributed by atoms with Crippen LogP contribution in [0.25, 0.3) is 0 Å². The Bertz CT molecular complexity index is 36.0. The van der Waals surface area contributed by atoms with Crippen LogP contribution in [-0.2, 0) is 17.1 Å². The van der Waals surface area contributed by atoms with E-state index in [2.05, 4.69) is 24.5 Å². The minimum atomic E-state index is 0. The van der Waals surface area contributed by atoms with Crippen molar-refractivity contribution in [2.45, 2.75) is 13.8 Å². The molecule has 0 unspecified atom stereocenters. The zero-order chi connectivity index (χ0) is 6.24. The van der Waals surface area contributed by atoms with E-state index in [0.29, 0.717) is 0 Å². The van der Waals surface area contributed by atoms with E-state index >= 15 is 0 Å². The molecule has 2 nitrogen and oxygen atoms in total. The Morgan fingerprint density at radius 1 is 0.889 bits per heavy atom. The normalized spacial score (nSPS) is 8.67. The molecule has 1 radical (unpaired) electrons. The van der Waals surface area contributed by atoms with E-state index in [-0.39, 0.29) is 17.1 Å². The topological polar surface area (TPSA) is 24.1 Å². The van der Waals surface area contributed by atoms with Gasteiger partial charge in [0.05, 0.1) is 0 Å². The minimum Gasteiger partial charge on any atom is -0.316 e. The molecule has 61 valence electrons. The van der Waals surface area contributed by atoms with Crippen molar-refractivity contribution < 1.29 is 17.1 Å². The van der Waals surface area contributed by atoms with Gasteiger partial charge in [-0.2, -0.15) is 0 Å². The summed E-state index contributed by atoms with van der Waals surface area (Å²) in [5.41, 5.74) is 0. The predicted octanol–water partition coefficient (Wildman–Crippen LogP) is 0.203. The van der Waals surface area contributed by atoms with Gasteiger partial charge in [-0.25, -0.2) is 0 Å². The summed E-state index contributed by atoms with van der Waals surface area (Å²) in [6, 6.07) is 0. The molecule has 0 aliphatic rings. The molecule has 0 aliphatic heterocycles. The molecule has 0 aromatic heterocycles. The van der Waals surface area contributed by atoms with E-state index in [1.165, 1.54) is 0 Å². The van der Waals surface area contributed by atoms with Gasteiger partial charge in [-0.05, 0) is 13.1 Å². The fourth-order valence-corrected chi connectivity index (χ4v) is 0.530. The van der Waals surface area contributed by atoms with Crippen molar-refractivity contribution in [1.29, 1.82) is 0 Å². The van der Waals surface area contributed by atoms with Crippen molar-refractivity contribution in [3.05, 3.63) is 0 Å². The van der Waals surface area contributed by atoms with Crippen molar-refractivity contribution in [1.82, 2.24) is 10.6 Å². The number of nitrogens with one attached hydrogen (secondary N) is 2. The quantitative estimate of drug-likeness (QED) is 0.466. The number of hydrogen-bond acceptors (Lipinski definition) is 2. The molecule has 0 fully saturated rings. The van der Waals surface area contributed by atoms with Crippen LogP contribution in [0.15, 0.2) is 0 Å². The molecule has 0 amide bonds. The molecule has 3 heteroatoms. The number of hydrogen-bond donors (Lipinski definition) is 2. The second kappa shape index (κ2) is 11.3. The zero-order valence-corrected chi connectivity index (χ0v) is 7.07. The average molecular weight is 180 g/mol. The molecule has 2 N–H and O–H groups in total. The summed E-state index contributed by atoms with van der Waals surface area (Å²) in [6.45, 7) is 8.56. The Kier molecular flexibility index (Phi) is 15.2. The SMILES string of the molecule is CCNCCNCC.[Cu]. The third kappa shape index (κ3) is 11.8. The van der Waals surface area contributed by atoms with Crippen LogP contribution in [0.3, 0.4) is 0 Å². The van der Waals surface area contributed by atoms with E-state index in [4.69, 9.17) is 0 Å². The second-order valence-electron chi connectivity index (χ2n) is 1.71. The van der Waals surface area contributed by atoms with Crippen molar-refractivity contribution in [3.63, 3.8) is 0 Å². The van der Waals surface area contributed by atoms with Crippen molar-refractivity contribution in [2.75, 3.05) is 26.2 Å². The van der Waals surface area contributed by atoms with E-state index in [0.717, 1.165) is 26.2 Å². The van der Waals surface area contributed by atoms with Crippen LogP contribution in [0, 0.1) is 0 Å². The molecule has 0 saturated carbocycles. The van der Waals surface area contributed by atoms with Gasteiger partial charge in [0.15, 0.2) is 0 Å². The summed E-state index contributed by atoms with van der Waals surface area (Å²) >= 11 is 0. The summed E-state index contributed by atoms with van der Waals surface area (Å²) in [7, 11) is 0. The first-order valence-electron chi connectivity index (χ1n) is 3.33. The largest absolute Gasteiger partial charge is 0.316 e. The molecule has 0 aromatic carbocycles. The first kappa shape index (κ1) is 12.1. The Morgan fingerprint density at radius 2 is 1.22 bits per heavy atom. The third-order valence-electron chi connectivity index (χ3n) is 0.979. The van der Waals surface area contributed by atoms with E-state index < -0.39 is 0 Å². The fourth-order valence-electron chi connectivity index (χ4n) is 0.530. The van der Waals surface area contributed by atoms with Gasteiger partial charge in [-0.15, -0.1) is 0 Å². The van der Waals surface area contributed by atoms with Crippen molar-refractivity contribution in [3.8, 4) is 0 Å². The molecular formula is C6H16CuN2. The van der Waals surface area contributed by atoms with Crippen LogP contribution in [-0.4, -0.2) is 26.2 Å². The number of likely N-dealkylation sites (N-methyl/N-ethyl adjacent to an activating group) is 2. The molecule has 0 rings (SSSR count). The van der Waals surface area contributed by atoms with Crippen LogP contribution in [0.5, 0.6) is 0 Å². The van der Waals surface area contributed by atoms with Crippen LogP contribution >= 0.6 is 0 Å². The first-order chi connectivity index (χ1) is 3.91. The van der Waals surface area contributed by atoms with Crippen molar-refractivity contribution in [2.24, 2.45) is 0 Å². The molecule has 9 heavy (non-hydrogen) atoms. The summed E-state index contributed by atoms with van der Waals surface area (Å²) in [5.74, 6) is 0. The maximum Gasteiger partial charge on any atom is 0.00766 e. The minimum absolute atomic E-state index is 0. The predicted molar refractivity (Wildman–Crippen MR) is 37.1 cm³/mol. The fraction of sp³-hybridized carbons (Fsp3) is 1.00. The summed E-state index contributed by atoms with van der Waals surface area (Å²) < 4.78 is 0. The van der Waals surface area contributed by atoms with E-state index in [1.54, 1.807) is 0 Å². The van der Waals surface area contributed by atoms with Crippen LogP contribution < -0.4 is 10.6 Å². The molecular weight excluding hydrogens is 164 g/mol. The Morgan fingerprint density at radius 3 is 1.44 bits per heavy atom. The van der Waals surface area contributed by atoms with Gasteiger partial charge >= 0.3 is 0 Å². The standard InChI is InChI=1S/C6H16N2.Cu/c1-3-7-5-6-8-4-2;/h7-8H,3-6H2,1-2H3;. The van der Waals surface area contributed by atoms with E-state index in [1.807, 2.05) is 0 Å². The van der Waals surface area contributed by atoms with Crippen molar-refractivity contribution >= 4 is 0 Å². The second-order valence-corrected chi connectivity index (χ2v) is 1.71. The molecule has 0 saturated heterocycles. The zero-order valence-electron chi connectivity index (χ0n) is 6.13. The van der Waals surface area contributed by atoms with E-state index in [9.17, 15) is 0 Å². The van der Waals surface area contributed by atoms with Gasteiger partial charge < -0.3 is 10.6 Å². The summed E-state index contributed by atoms with van der Waals surface area (Å²) in [4.78, 5) is 0. The molecule has 0 aromatic rings. The molecule has 0 heterocycles. The van der Waals surface area contributed by atoms with Crippen LogP contribution in [0.4, 0.5) is 0 Å². The summed E-state index contributed by atoms with van der Waals surface area (Å²) in [6.07, 6.45) is 0. The van der Waals surface area contributed by atoms with Gasteiger partial charge in [0.1, 0.15) is 0 Å². The molecule has 0 spiro atoms. The third-order valence-corrected chi connectivity index (χ3v) is 0.979. The maximum atomic E-state index is 3.22. The van der Waals surface area contributed by atoms with Gasteiger partial charge in [-0.3, -0.25) is 0 Å². The van der Waals surface area contributed by atoms with Crippen LogP contribution in [0.2, 0.25) is 0 Å². The molecule has 0 bridgehead atoms. The Labute approximate surface area is 68.3 Å². The Hall–Kier alpha value is 0.439. The maximum absolute atomic E-state index is 3.22. The molecule has 0 aliphatic carbocycles. The monoisotopic (exact) mass is 179 g/mol. The van der Waals surface area contributed by atoms with Gasteiger partial charge in [-0.1, -0.05) is 13.8 Å². The van der Waals surface area contributed by atoms with Gasteiger partial charge in [0.25, 0.3) is 0 Å². The van der Waals surface area contributed by atoms with Gasteiger partial charge in [0, 0.05) is 30.2 Å². The Balaban J connectivity index is 0.